The van der Waals surface area contributed by atoms with Gasteiger partial charge >= 0.3 is 0 Å². The van der Waals surface area contributed by atoms with Crippen LogP contribution in [0.2, 0.25) is 5.02 Å². The minimum Gasteiger partial charge on any atom is -0.316 e. The molecule has 1 fully saturated rings. The maximum atomic E-state index is 6.42. The Hall–Kier alpha value is -0.830. The highest BCUT2D eigenvalue weighted by Gasteiger charge is 2.29. The lowest BCUT2D eigenvalue weighted by Gasteiger charge is -2.32. The fraction of sp³-hybridized carbons (Fsp3) is 0.412. The first-order chi connectivity index (χ1) is 9.79. The third kappa shape index (κ3) is 2.78. The van der Waals surface area contributed by atoms with E-state index in [0.29, 0.717) is 11.8 Å². The Labute approximate surface area is 130 Å². The second-order valence-corrected chi connectivity index (χ2v) is 6.99. The van der Waals surface area contributed by atoms with Crippen LogP contribution in [0.1, 0.15) is 40.5 Å². The van der Waals surface area contributed by atoms with E-state index in [1.54, 1.807) is 0 Å². The zero-order chi connectivity index (χ0) is 13.9. The number of nitrogens with one attached hydrogen (secondary N) is 1. The Bertz CT molecular complexity index is 578. The highest BCUT2D eigenvalue weighted by Crippen LogP contribution is 2.42. The Balaban J connectivity index is 1.93. The van der Waals surface area contributed by atoms with Crippen LogP contribution in [0, 0.1) is 0 Å². The van der Waals surface area contributed by atoms with Crippen LogP contribution >= 0.6 is 22.9 Å². The molecule has 0 saturated carbocycles. The third-order valence-corrected chi connectivity index (χ3v) is 5.89. The fourth-order valence-electron chi connectivity index (χ4n) is 3.09. The number of piperidine rings is 1. The monoisotopic (exact) mass is 305 g/mol. The smallest absolute Gasteiger partial charge is 0.0441 e. The minimum absolute atomic E-state index is 0.487. The summed E-state index contributed by atoms with van der Waals surface area (Å²) in [6, 6.07) is 12.9. The van der Waals surface area contributed by atoms with E-state index >= 15 is 0 Å². The molecule has 20 heavy (non-hydrogen) atoms. The minimum atomic E-state index is 0.487. The van der Waals surface area contributed by atoms with Crippen LogP contribution in [0.5, 0.6) is 0 Å². The van der Waals surface area contributed by atoms with Gasteiger partial charge in [0, 0.05) is 33.2 Å². The molecule has 1 N–H and O–H groups in total. The molecule has 0 radical (unpaired) electrons. The van der Waals surface area contributed by atoms with Crippen LogP contribution in [-0.4, -0.2) is 13.1 Å². The van der Waals surface area contributed by atoms with Gasteiger partial charge in [0.25, 0.3) is 0 Å². The molecular formula is C17H20ClNS. The fourth-order valence-corrected chi connectivity index (χ4v) is 4.51. The average molecular weight is 306 g/mol. The summed E-state index contributed by atoms with van der Waals surface area (Å²) < 4.78 is 0. The van der Waals surface area contributed by atoms with E-state index in [2.05, 4.69) is 36.5 Å². The summed E-state index contributed by atoms with van der Waals surface area (Å²) in [6.07, 6.45) is 2.33. The predicted molar refractivity (Wildman–Crippen MR) is 88.1 cm³/mol. The van der Waals surface area contributed by atoms with Gasteiger partial charge in [-0.15, -0.1) is 11.3 Å². The third-order valence-electron chi connectivity index (χ3n) is 4.18. The second kappa shape index (κ2) is 6.30. The van der Waals surface area contributed by atoms with Crippen LogP contribution < -0.4 is 5.32 Å². The van der Waals surface area contributed by atoms with Gasteiger partial charge in [-0.25, -0.2) is 0 Å². The molecule has 1 aromatic heterocycles. The largest absolute Gasteiger partial charge is 0.316 e. The number of hydrogen-bond acceptors (Lipinski definition) is 2. The molecular weight excluding hydrogens is 286 g/mol. The quantitative estimate of drug-likeness (QED) is 0.857. The normalized spacial score (nSPS) is 22.9. The molecule has 1 nitrogen and oxygen atoms in total. The zero-order valence-electron chi connectivity index (χ0n) is 11.7. The second-order valence-electron chi connectivity index (χ2n) is 5.38. The van der Waals surface area contributed by atoms with E-state index in [9.17, 15) is 0 Å². The van der Waals surface area contributed by atoms with E-state index in [-0.39, 0.29) is 0 Å². The van der Waals surface area contributed by atoms with Crippen molar-refractivity contribution in [3.63, 3.8) is 0 Å². The standard InChI is InChI=1S/C17H20ClNS/c1-2-12-7-8-17(20-12)14-9-10-19-11-15(14)13-5-3-4-6-16(13)18/h3-8,14-15,19H,2,9-11H2,1H3. The summed E-state index contributed by atoms with van der Waals surface area (Å²) in [5.74, 6) is 1.09. The molecule has 2 atom stereocenters. The molecule has 2 unspecified atom stereocenters. The lowest BCUT2D eigenvalue weighted by Crippen LogP contribution is -2.33. The topological polar surface area (TPSA) is 12.0 Å². The summed E-state index contributed by atoms with van der Waals surface area (Å²) in [5, 5.41) is 4.43. The number of halogens is 1. The van der Waals surface area contributed by atoms with Gasteiger partial charge in [0.05, 0.1) is 0 Å². The zero-order valence-corrected chi connectivity index (χ0v) is 13.3. The van der Waals surface area contributed by atoms with E-state index in [4.69, 9.17) is 11.6 Å². The highest BCUT2D eigenvalue weighted by atomic mass is 35.5. The van der Waals surface area contributed by atoms with Crippen LogP contribution in [0.25, 0.3) is 0 Å². The van der Waals surface area contributed by atoms with Gasteiger partial charge in [0.15, 0.2) is 0 Å². The van der Waals surface area contributed by atoms with Crippen molar-refractivity contribution >= 4 is 22.9 Å². The van der Waals surface area contributed by atoms with E-state index in [0.717, 1.165) is 24.5 Å². The van der Waals surface area contributed by atoms with Crippen molar-refractivity contribution in [1.29, 1.82) is 0 Å². The number of benzene rings is 1. The van der Waals surface area contributed by atoms with Gasteiger partial charge in [0.1, 0.15) is 0 Å². The average Bonchev–Trinajstić information content (AvgIpc) is 2.97. The molecule has 1 aromatic carbocycles. The van der Waals surface area contributed by atoms with E-state index in [1.165, 1.54) is 21.7 Å². The van der Waals surface area contributed by atoms with E-state index in [1.807, 2.05) is 23.5 Å². The van der Waals surface area contributed by atoms with Crippen molar-refractivity contribution in [3.05, 3.63) is 56.7 Å². The van der Waals surface area contributed by atoms with Crippen molar-refractivity contribution < 1.29 is 0 Å². The van der Waals surface area contributed by atoms with E-state index < -0.39 is 0 Å². The van der Waals surface area contributed by atoms with Crippen LogP contribution in [0.4, 0.5) is 0 Å². The van der Waals surface area contributed by atoms with Gasteiger partial charge in [-0.3, -0.25) is 0 Å². The predicted octanol–water partition coefficient (Wildman–Crippen LogP) is 4.82. The molecule has 1 saturated heterocycles. The summed E-state index contributed by atoms with van der Waals surface area (Å²) in [4.78, 5) is 3.00. The molecule has 0 spiro atoms. The van der Waals surface area contributed by atoms with Crippen molar-refractivity contribution in [2.45, 2.75) is 31.6 Å². The van der Waals surface area contributed by atoms with Gasteiger partial charge in [-0.2, -0.15) is 0 Å². The van der Waals surface area contributed by atoms with Gasteiger partial charge < -0.3 is 5.32 Å². The van der Waals surface area contributed by atoms with Crippen molar-refractivity contribution in [1.82, 2.24) is 5.32 Å². The summed E-state index contributed by atoms with van der Waals surface area (Å²) in [6.45, 7) is 4.35. The SMILES string of the molecule is CCc1ccc(C2CCNCC2c2ccccc2Cl)s1. The number of aryl methyl sites for hydroxylation is 1. The summed E-state index contributed by atoms with van der Waals surface area (Å²) in [5.41, 5.74) is 1.29. The van der Waals surface area contributed by atoms with Gasteiger partial charge in [-0.1, -0.05) is 36.7 Å². The van der Waals surface area contributed by atoms with Crippen LogP contribution in [0.15, 0.2) is 36.4 Å². The number of rotatable bonds is 3. The first kappa shape index (κ1) is 14.1. The number of hydrogen-bond donors (Lipinski definition) is 1. The molecule has 0 bridgehead atoms. The molecule has 3 heteroatoms. The van der Waals surface area contributed by atoms with Crippen LogP contribution in [-0.2, 0) is 6.42 Å². The molecule has 106 valence electrons. The van der Waals surface area contributed by atoms with Gasteiger partial charge in [-0.05, 0) is 43.1 Å². The molecule has 0 amide bonds. The Morgan fingerprint density at radius 3 is 2.80 bits per heavy atom. The molecule has 2 heterocycles. The van der Waals surface area contributed by atoms with Crippen LogP contribution in [0.3, 0.4) is 0 Å². The first-order valence-corrected chi connectivity index (χ1v) is 8.52. The number of thiophene rings is 1. The summed E-state index contributed by atoms with van der Waals surface area (Å²) >= 11 is 8.39. The van der Waals surface area contributed by atoms with Crippen molar-refractivity contribution in [2.75, 3.05) is 13.1 Å². The maximum Gasteiger partial charge on any atom is 0.0441 e. The highest BCUT2D eigenvalue weighted by molar-refractivity contribution is 7.12. The molecule has 3 rings (SSSR count). The Morgan fingerprint density at radius 1 is 1.20 bits per heavy atom. The Morgan fingerprint density at radius 2 is 2.05 bits per heavy atom. The van der Waals surface area contributed by atoms with Crippen molar-refractivity contribution in [3.8, 4) is 0 Å². The lowest BCUT2D eigenvalue weighted by atomic mass is 9.80. The Kier molecular flexibility index (Phi) is 4.45. The van der Waals surface area contributed by atoms with Crippen molar-refractivity contribution in [2.24, 2.45) is 0 Å². The lowest BCUT2D eigenvalue weighted by molar-refractivity contribution is 0.408. The van der Waals surface area contributed by atoms with Gasteiger partial charge in [0.2, 0.25) is 0 Å². The molecule has 1 aliphatic rings. The maximum absolute atomic E-state index is 6.42. The summed E-state index contributed by atoms with van der Waals surface area (Å²) in [7, 11) is 0. The molecule has 0 aliphatic carbocycles. The molecule has 1 aliphatic heterocycles. The molecule has 2 aromatic rings. The first-order valence-electron chi connectivity index (χ1n) is 7.33.